The second kappa shape index (κ2) is 9.59. The maximum Gasteiger partial charge on any atom is 0.410 e. The number of amides is 2. The van der Waals surface area contributed by atoms with Crippen molar-refractivity contribution in [3.63, 3.8) is 0 Å². The van der Waals surface area contributed by atoms with Crippen LogP contribution in [0.5, 0.6) is 0 Å². The molecule has 2 aromatic carbocycles. The third-order valence-electron chi connectivity index (χ3n) is 4.99. The highest BCUT2D eigenvalue weighted by molar-refractivity contribution is 7.18. The number of hydroxylamine groups is 1. The Kier molecular flexibility index (Phi) is 6.44. The number of aromatic nitrogens is 1. The molecule has 0 unspecified atom stereocenters. The fourth-order valence-corrected chi connectivity index (χ4v) is 4.23. The van der Waals surface area contributed by atoms with Gasteiger partial charge in [0.05, 0.1) is 10.2 Å². The maximum atomic E-state index is 12.4. The van der Waals surface area contributed by atoms with Gasteiger partial charge in [-0.1, -0.05) is 24.3 Å². The van der Waals surface area contributed by atoms with Crippen molar-refractivity contribution in [2.45, 2.75) is 6.61 Å². The maximum absolute atomic E-state index is 12.4. The SMILES string of the molecule is O=C(C=Cc1ccc(N2CCN(C(=O)OCc3nc4ccccc4s3)CC2)cc1)NO. The molecule has 3 aromatic rings. The van der Waals surface area contributed by atoms with Gasteiger partial charge in [-0.15, -0.1) is 11.3 Å². The number of thiazole rings is 1. The second-order valence-corrected chi connectivity index (χ2v) is 8.12. The number of nitrogens with zero attached hydrogens (tertiary/aromatic N) is 3. The number of piperazine rings is 1. The van der Waals surface area contributed by atoms with Crippen LogP contribution >= 0.6 is 11.3 Å². The molecule has 0 atom stereocenters. The molecule has 1 aromatic heterocycles. The third kappa shape index (κ3) is 5.19. The van der Waals surface area contributed by atoms with E-state index in [0.717, 1.165) is 26.5 Å². The lowest BCUT2D eigenvalue weighted by Crippen LogP contribution is -2.48. The van der Waals surface area contributed by atoms with Gasteiger partial charge in [-0.3, -0.25) is 10.0 Å². The van der Waals surface area contributed by atoms with Gasteiger partial charge < -0.3 is 14.5 Å². The molecule has 0 aliphatic carbocycles. The normalized spacial score (nSPS) is 14.2. The fraction of sp³-hybridized carbons (Fsp3) is 0.227. The van der Waals surface area contributed by atoms with Crippen LogP contribution in [0.1, 0.15) is 10.6 Å². The lowest BCUT2D eigenvalue weighted by molar-refractivity contribution is -0.124. The summed E-state index contributed by atoms with van der Waals surface area (Å²) in [6.07, 6.45) is 2.56. The van der Waals surface area contributed by atoms with E-state index >= 15 is 0 Å². The molecule has 0 spiro atoms. The van der Waals surface area contributed by atoms with Crippen LogP contribution in [0.4, 0.5) is 10.5 Å². The van der Waals surface area contributed by atoms with Crippen LogP contribution in [0.25, 0.3) is 16.3 Å². The standard InChI is InChI=1S/C22H22N4O4S/c27-20(24-29)10-7-16-5-8-17(9-6-16)25-11-13-26(14-12-25)22(28)30-15-21-23-18-3-1-2-4-19(18)31-21/h1-10,29H,11-15H2,(H,24,27). The van der Waals surface area contributed by atoms with Gasteiger partial charge in [-0.05, 0) is 35.9 Å². The highest BCUT2D eigenvalue weighted by Crippen LogP contribution is 2.22. The summed E-state index contributed by atoms with van der Waals surface area (Å²) in [6.45, 7) is 2.76. The molecular weight excluding hydrogens is 416 g/mol. The predicted octanol–water partition coefficient (Wildman–Crippen LogP) is 3.27. The summed E-state index contributed by atoms with van der Waals surface area (Å²) in [5.74, 6) is -0.574. The van der Waals surface area contributed by atoms with Crippen LogP contribution in [-0.2, 0) is 16.1 Å². The summed E-state index contributed by atoms with van der Waals surface area (Å²) >= 11 is 1.54. The summed E-state index contributed by atoms with van der Waals surface area (Å²) in [5.41, 5.74) is 4.38. The zero-order valence-corrected chi connectivity index (χ0v) is 17.5. The number of benzene rings is 2. The van der Waals surface area contributed by atoms with Gasteiger partial charge in [0.15, 0.2) is 0 Å². The number of para-hydroxylation sites is 1. The smallest absolute Gasteiger partial charge is 0.410 e. The van der Waals surface area contributed by atoms with E-state index in [1.165, 1.54) is 17.4 Å². The first-order valence-corrected chi connectivity index (χ1v) is 10.7. The Balaban J connectivity index is 1.26. The Morgan fingerprint density at radius 2 is 1.84 bits per heavy atom. The van der Waals surface area contributed by atoms with Gasteiger partial charge in [0, 0.05) is 37.9 Å². The number of hydrogen-bond acceptors (Lipinski definition) is 7. The molecule has 1 aliphatic rings. The molecule has 2 amide bonds. The van der Waals surface area contributed by atoms with Crippen molar-refractivity contribution in [2.24, 2.45) is 0 Å². The van der Waals surface area contributed by atoms with Crippen molar-refractivity contribution < 1.29 is 19.5 Å². The van der Waals surface area contributed by atoms with E-state index in [1.54, 1.807) is 16.5 Å². The third-order valence-corrected chi connectivity index (χ3v) is 6.00. The average Bonchev–Trinajstić information content (AvgIpc) is 3.24. The lowest BCUT2D eigenvalue weighted by atomic mass is 10.1. The van der Waals surface area contributed by atoms with Crippen molar-refractivity contribution in [3.8, 4) is 0 Å². The summed E-state index contributed by atoms with van der Waals surface area (Å²) in [5, 5.41) is 9.30. The van der Waals surface area contributed by atoms with Gasteiger partial charge >= 0.3 is 6.09 Å². The molecule has 31 heavy (non-hydrogen) atoms. The van der Waals surface area contributed by atoms with Crippen LogP contribution in [0.2, 0.25) is 0 Å². The Morgan fingerprint density at radius 3 is 2.55 bits per heavy atom. The van der Waals surface area contributed by atoms with E-state index in [-0.39, 0.29) is 12.7 Å². The quantitative estimate of drug-likeness (QED) is 0.361. The Hall–Kier alpha value is -3.43. The highest BCUT2D eigenvalue weighted by Gasteiger charge is 2.22. The number of nitrogens with one attached hydrogen (secondary N) is 1. The summed E-state index contributed by atoms with van der Waals surface area (Å²) in [4.78, 5) is 31.9. The largest absolute Gasteiger partial charge is 0.442 e. The minimum atomic E-state index is -0.574. The zero-order valence-electron chi connectivity index (χ0n) is 16.7. The topological polar surface area (TPSA) is 95.0 Å². The van der Waals surface area contributed by atoms with Gasteiger partial charge in [0.25, 0.3) is 5.91 Å². The van der Waals surface area contributed by atoms with E-state index in [4.69, 9.17) is 9.94 Å². The number of carbonyl (C=O) groups is 2. The van der Waals surface area contributed by atoms with Crippen LogP contribution in [-0.4, -0.2) is 53.3 Å². The minimum Gasteiger partial charge on any atom is -0.442 e. The molecule has 160 valence electrons. The molecule has 8 nitrogen and oxygen atoms in total. The molecule has 1 fully saturated rings. The summed E-state index contributed by atoms with van der Waals surface area (Å²) < 4.78 is 6.55. The van der Waals surface area contributed by atoms with Crippen molar-refractivity contribution in [2.75, 3.05) is 31.1 Å². The summed E-state index contributed by atoms with van der Waals surface area (Å²) in [6, 6.07) is 15.6. The Bertz CT molecular complexity index is 1060. The number of anilines is 1. The van der Waals surface area contributed by atoms with Crippen molar-refractivity contribution in [1.29, 1.82) is 0 Å². The van der Waals surface area contributed by atoms with E-state index in [0.29, 0.717) is 26.2 Å². The Morgan fingerprint density at radius 1 is 1.10 bits per heavy atom. The van der Waals surface area contributed by atoms with E-state index < -0.39 is 5.91 Å². The number of rotatable bonds is 5. The zero-order chi connectivity index (χ0) is 21.6. The van der Waals surface area contributed by atoms with Crippen LogP contribution in [0.3, 0.4) is 0 Å². The van der Waals surface area contributed by atoms with Crippen LogP contribution in [0.15, 0.2) is 54.6 Å². The molecule has 0 bridgehead atoms. The van der Waals surface area contributed by atoms with Crippen molar-refractivity contribution >= 4 is 45.3 Å². The van der Waals surface area contributed by atoms with Crippen LogP contribution in [0, 0.1) is 0 Å². The van der Waals surface area contributed by atoms with Gasteiger partial charge in [0.2, 0.25) is 0 Å². The number of ether oxygens (including phenoxy) is 1. The molecule has 4 rings (SSSR count). The molecule has 9 heteroatoms. The van der Waals surface area contributed by atoms with Crippen molar-refractivity contribution in [1.82, 2.24) is 15.4 Å². The fourth-order valence-electron chi connectivity index (χ4n) is 3.35. The van der Waals surface area contributed by atoms with E-state index in [2.05, 4.69) is 9.88 Å². The highest BCUT2D eigenvalue weighted by atomic mass is 32.1. The van der Waals surface area contributed by atoms with Gasteiger partial charge in [-0.25, -0.2) is 15.3 Å². The minimum absolute atomic E-state index is 0.182. The molecular formula is C22H22N4O4S. The van der Waals surface area contributed by atoms with E-state index in [9.17, 15) is 9.59 Å². The van der Waals surface area contributed by atoms with Crippen molar-refractivity contribution in [3.05, 3.63) is 65.2 Å². The number of hydrogen-bond donors (Lipinski definition) is 2. The first kappa shape index (κ1) is 20.8. The molecule has 1 aliphatic heterocycles. The van der Waals surface area contributed by atoms with Gasteiger partial charge in [-0.2, -0.15) is 0 Å². The predicted molar refractivity (Wildman–Crippen MR) is 119 cm³/mol. The second-order valence-electron chi connectivity index (χ2n) is 7.00. The van der Waals surface area contributed by atoms with E-state index in [1.807, 2.05) is 48.5 Å². The number of fused-ring (bicyclic) bond motifs is 1. The monoisotopic (exact) mass is 438 g/mol. The Labute approximate surface area is 183 Å². The first-order chi connectivity index (χ1) is 15.1. The lowest BCUT2D eigenvalue weighted by Gasteiger charge is -2.35. The molecule has 2 heterocycles. The first-order valence-electron chi connectivity index (χ1n) is 9.86. The van der Waals surface area contributed by atoms with Gasteiger partial charge in [0.1, 0.15) is 11.6 Å². The average molecular weight is 439 g/mol. The molecule has 1 saturated heterocycles. The summed E-state index contributed by atoms with van der Waals surface area (Å²) in [7, 11) is 0. The molecule has 0 radical (unpaired) electrons. The number of carbonyl (C=O) groups excluding carboxylic acids is 2. The molecule has 2 N–H and O–H groups in total. The molecule has 0 saturated carbocycles. The van der Waals surface area contributed by atoms with Crippen LogP contribution < -0.4 is 10.4 Å².